The van der Waals surface area contributed by atoms with E-state index in [0.717, 1.165) is 11.8 Å². The molecule has 1 aliphatic heterocycles. The second kappa shape index (κ2) is 8.57. The number of carbonyl (C=O) groups is 3. The summed E-state index contributed by atoms with van der Waals surface area (Å²) in [7, 11) is 1.56. The van der Waals surface area contributed by atoms with Gasteiger partial charge in [0.05, 0.1) is 18.8 Å². The molecule has 0 unspecified atom stereocenters. The SMILES string of the molecule is COc1ccc(NC(=O)C[C@@H]2SC(=Nc3ccc(C(=O)[O-])cc3)NC2=O)cc1. The first kappa shape index (κ1) is 19.4. The fourth-order valence-electron chi connectivity index (χ4n) is 2.44. The molecule has 2 aromatic carbocycles. The second-order valence-corrected chi connectivity index (χ2v) is 7.02. The van der Waals surface area contributed by atoms with Crippen LogP contribution in [0.2, 0.25) is 0 Å². The van der Waals surface area contributed by atoms with Crippen molar-refractivity contribution in [1.82, 2.24) is 5.32 Å². The number of carboxylic acid groups (broad SMARTS) is 1. The van der Waals surface area contributed by atoms with Crippen LogP contribution < -0.4 is 20.5 Å². The minimum absolute atomic E-state index is 0.00876. The van der Waals surface area contributed by atoms with Crippen LogP contribution in [-0.2, 0) is 9.59 Å². The number of anilines is 1. The zero-order valence-electron chi connectivity index (χ0n) is 14.8. The van der Waals surface area contributed by atoms with Crippen LogP contribution in [0.15, 0.2) is 53.5 Å². The van der Waals surface area contributed by atoms with Gasteiger partial charge in [0.1, 0.15) is 11.0 Å². The monoisotopic (exact) mass is 398 g/mol. The number of amidine groups is 1. The Balaban J connectivity index is 1.58. The van der Waals surface area contributed by atoms with Crippen molar-refractivity contribution in [2.24, 2.45) is 4.99 Å². The Bertz CT molecular complexity index is 926. The molecule has 2 amide bonds. The number of thioether (sulfide) groups is 1. The molecule has 1 atom stereocenters. The van der Waals surface area contributed by atoms with E-state index < -0.39 is 11.2 Å². The van der Waals surface area contributed by atoms with Crippen LogP contribution in [0.5, 0.6) is 5.75 Å². The first-order chi connectivity index (χ1) is 13.4. The number of nitrogens with zero attached hydrogens (tertiary/aromatic N) is 1. The van der Waals surface area contributed by atoms with E-state index >= 15 is 0 Å². The quantitative estimate of drug-likeness (QED) is 0.757. The van der Waals surface area contributed by atoms with E-state index in [4.69, 9.17) is 4.74 Å². The molecule has 1 saturated heterocycles. The molecule has 3 rings (SSSR count). The molecule has 0 bridgehead atoms. The smallest absolute Gasteiger partial charge is 0.240 e. The van der Waals surface area contributed by atoms with Gasteiger partial charge in [0.15, 0.2) is 5.17 Å². The van der Waals surface area contributed by atoms with E-state index in [1.165, 1.54) is 24.3 Å². The summed E-state index contributed by atoms with van der Waals surface area (Å²) in [6, 6.07) is 12.6. The summed E-state index contributed by atoms with van der Waals surface area (Å²) < 4.78 is 5.06. The number of hydrogen-bond acceptors (Lipinski definition) is 7. The molecule has 0 aliphatic carbocycles. The lowest BCUT2D eigenvalue weighted by atomic mass is 10.2. The molecule has 1 heterocycles. The second-order valence-electron chi connectivity index (χ2n) is 5.83. The van der Waals surface area contributed by atoms with Crippen molar-refractivity contribution >= 4 is 46.1 Å². The molecule has 144 valence electrons. The molecule has 0 spiro atoms. The lowest BCUT2D eigenvalue weighted by molar-refractivity contribution is -0.255. The molecule has 1 aliphatic rings. The van der Waals surface area contributed by atoms with Crippen LogP contribution in [0.4, 0.5) is 11.4 Å². The van der Waals surface area contributed by atoms with Crippen LogP contribution in [-0.4, -0.2) is 35.3 Å². The van der Waals surface area contributed by atoms with Gasteiger partial charge < -0.3 is 25.3 Å². The highest BCUT2D eigenvalue weighted by Crippen LogP contribution is 2.26. The highest BCUT2D eigenvalue weighted by molar-refractivity contribution is 8.15. The summed E-state index contributed by atoms with van der Waals surface area (Å²) in [4.78, 5) is 39.3. The molecule has 9 heteroatoms. The van der Waals surface area contributed by atoms with Crippen LogP contribution in [0, 0.1) is 0 Å². The maximum atomic E-state index is 12.2. The first-order valence-electron chi connectivity index (χ1n) is 8.26. The van der Waals surface area contributed by atoms with Gasteiger partial charge in [0, 0.05) is 12.1 Å². The van der Waals surface area contributed by atoms with Crippen LogP contribution in [0.3, 0.4) is 0 Å². The van der Waals surface area contributed by atoms with Gasteiger partial charge in [0.25, 0.3) is 0 Å². The van der Waals surface area contributed by atoms with E-state index in [0.29, 0.717) is 22.3 Å². The molecule has 0 saturated carbocycles. The average Bonchev–Trinajstić information content (AvgIpc) is 3.01. The molecule has 2 N–H and O–H groups in total. The van der Waals surface area contributed by atoms with Gasteiger partial charge in [-0.3, -0.25) is 9.59 Å². The summed E-state index contributed by atoms with van der Waals surface area (Å²) in [6.45, 7) is 0. The normalized spacial score (nSPS) is 17.2. The number of amides is 2. The molecule has 28 heavy (non-hydrogen) atoms. The van der Waals surface area contributed by atoms with Crippen molar-refractivity contribution in [2.45, 2.75) is 11.7 Å². The van der Waals surface area contributed by atoms with E-state index in [2.05, 4.69) is 15.6 Å². The summed E-state index contributed by atoms with van der Waals surface area (Å²) in [5.74, 6) is -1.19. The van der Waals surface area contributed by atoms with Crippen LogP contribution in [0.25, 0.3) is 0 Å². The number of methoxy groups -OCH3 is 1. The molecular weight excluding hydrogens is 382 g/mol. The zero-order valence-corrected chi connectivity index (χ0v) is 15.6. The van der Waals surface area contributed by atoms with Crippen LogP contribution >= 0.6 is 11.8 Å². The Labute approximate surface area is 165 Å². The third-order valence-electron chi connectivity index (χ3n) is 3.85. The molecule has 1 fully saturated rings. The van der Waals surface area contributed by atoms with Gasteiger partial charge in [-0.2, -0.15) is 0 Å². The molecule has 2 aromatic rings. The lowest BCUT2D eigenvalue weighted by Gasteiger charge is -2.08. The Morgan fingerprint density at radius 1 is 1.18 bits per heavy atom. The Morgan fingerprint density at radius 2 is 1.86 bits per heavy atom. The Kier molecular flexibility index (Phi) is 5.95. The van der Waals surface area contributed by atoms with Gasteiger partial charge in [-0.25, -0.2) is 4.99 Å². The minimum atomic E-state index is -1.27. The molecule has 8 nitrogen and oxygen atoms in total. The average molecular weight is 398 g/mol. The maximum Gasteiger partial charge on any atom is 0.240 e. The van der Waals surface area contributed by atoms with Crippen molar-refractivity contribution in [3.05, 3.63) is 54.1 Å². The summed E-state index contributed by atoms with van der Waals surface area (Å²) in [6.07, 6.45) is -0.00876. The fourth-order valence-corrected chi connectivity index (χ4v) is 3.42. The predicted octanol–water partition coefficient (Wildman–Crippen LogP) is 1.31. The third-order valence-corrected chi connectivity index (χ3v) is 4.94. The zero-order chi connectivity index (χ0) is 20.1. The van der Waals surface area contributed by atoms with E-state index in [-0.39, 0.29) is 23.8 Å². The summed E-state index contributed by atoms with van der Waals surface area (Å²) in [5.41, 5.74) is 1.13. The largest absolute Gasteiger partial charge is 0.545 e. The van der Waals surface area contributed by atoms with Gasteiger partial charge >= 0.3 is 0 Å². The van der Waals surface area contributed by atoms with Gasteiger partial charge in [0.2, 0.25) is 11.8 Å². The number of rotatable bonds is 6. The topological polar surface area (TPSA) is 120 Å². The molecular formula is C19H16N3O5S-. The van der Waals surface area contributed by atoms with Crippen molar-refractivity contribution in [3.8, 4) is 5.75 Å². The van der Waals surface area contributed by atoms with E-state index in [1.54, 1.807) is 31.4 Å². The number of carboxylic acids is 1. The number of aliphatic imine (C=N–C) groups is 1. The maximum absolute atomic E-state index is 12.2. The fraction of sp³-hybridized carbons (Fsp3) is 0.158. The number of nitrogens with one attached hydrogen (secondary N) is 2. The van der Waals surface area contributed by atoms with Gasteiger partial charge in [-0.1, -0.05) is 23.9 Å². The number of aromatic carboxylic acids is 1. The van der Waals surface area contributed by atoms with Gasteiger partial charge in [-0.15, -0.1) is 0 Å². The van der Waals surface area contributed by atoms with Crippen molar-refractivity contribution in [3.63, 3.8) is 0 Å². The molecule has 0 radical (unpaired) electrons. The van der Waals surface area contributed by atoms with Crippen molar-refractivity contribution < 1.29 is 24.2 Å². The Morgan fingerprint density at radius 3 is 2.46 bits per heavy atom. The van der Waals surface area contributed by atoms with Crippen molar-refractivity contribution in [2.75, 3.05) is 12.4 Å². The minimum Gasteiger partial charge on any atom is -0.545 e. The number of carbonyl (C=O) groups excluding carboxylic acids is 3. The Hall–Kier alpha value is -3.33. The third kappa shape index (κ3) is 4.89. The van der Waals surface area contributed by atoms with Crippen molar-refractivity contribution in [1.29, 1.82) is 0 Å². The van der Waals surface area contributed by atoms with E-state index in [1.807, 2.05) is 0 Å². The lowest BCUT2D eigenvalue weighted by Crippen LogP contribution is -2.28. The number of benzene rings is 2. The highest BCUT2D eigenvalue weighted by atomic mass is 32.2. The number of hydrogen-bond donors (Lipinski definition) is 2. The predicted molar refractivity (Wildman–Crippen MR) is 104 cm³/mol. The highest BCUT2D eigenvalue weighted by Gasteiger charge is 2.32. The first-order valence-corrected chi connectivity index (χ1v) is 9.14. The number of ether oxygens (including phenoxy) is 1. The van der Waals surface area contributed by atoms with Gasteiger partial charge in [-0.05, 0) is 42.0 Å². The summed E-state index contributed by atoms with van der Waals surface area (Å²) >= 11 is 1.15. The standard InChI is InChI=1S/C19H17N3O5S/c1-27-14-8-6-12(7-9-14)20-16(23)10-15-17(24)22-19(28-15)21-13-4-2-11(3-5-13)18(25)26/h2-9,15H,10H2,1H3,(H,20,23)(H,25,26)(H,21,22,24)/p-1/t15-/m0/s1. The van der Waals surface area contributed by atoms with Crippen LogP contribution in [0.1, 0.15) is 16.8 Å². The summed E-state index contributed by atoms with van der Waals surface area (Å²) in [5, 5.41) is 15.9. The molecule has 0 aromatic heterocycles. The van der Waals surface area contributed by atoms with E-state index in [9.17, 15) is 19.5 Å².